The van der Waals surface area contributed by atoms with Crippen molar-refractivity contribution in [1.82, 2.24) is 0 Å². The van der Waals surface area contributed by atoms with Crippen LogP contribution in [0.4, 0.5) is 5.69 Å². The topological polar surface area (TPSA) is 66.4 Å². The Labute approximate surface area is 119 Å². The second-order valence-electron chi connectivity index (χ2n) is 4.73. The molecule has 4 nitrogen and oxygen atoms in total. The van der Waals surface area contributed by atoms with Crippen molar-refractivity contribution < 1.29 is 13.5 Å². The van der Waals surface area contributed by atoms with Crippen LogP contribution in [0.3, 0.4) is 0 Å². The molecule has 2 aromatic carbocycles. The highest BCUT2D eigenvalue weighted by molar-refractivity contribution is 7.92. The summed E-state index contributed by atoms with van der Waals surface area (Å²) in [6.07, 6.45) is 0. The van der Waals surface area contributed by atoms with Gasteiger partial charge in [-0.15, -0.1) is 0 Å². The summed E-state index contributed by atoms with van der Waals surface area (Å²) in [5, 5.41) is 9.08. The van der Waals surface area contributed by atoms with Gasteiger partial charge in [-0.3, -0.25) is 4.72 Å². The number of hydrogen-bond donors (Lipinski definition) is 2. The lowest BCUT2D eigenvalue weighted by atomic mass is 10.1. The number of anilines is 1. The number of nitrogens with one attached hydrogen (secondary N) is 1. The third kappa shape index (κ3) is 3.18. The molecular weight excluding hydrogens is 274 g/mol. The smallest absolute Gasteiger partial charge is 0.261 e. The maximum absolute atomic E-state index is 12.3. The fourth-order valence-corrected chi connectivity index (χ4v) is 3.05. The second-order valence-corrected chi connectivity index (χ2v) is 6.41. The van der Waals surface area contributed by atoms with Crippen LogP contribution < -0.4 is 4.72 Å². The van der Waals surface area contributed by atoms with Crippen LogP contribution in [0.2, 0.25) is 0 Å². The second kappa shape index (κ2) is 5.64. The van der Waals surface area contributed by atoms with E-state index >= 15 is 0 Å². The Kier molecular flexibility index (Phi) is 4.11. The molecule has 2 aromatic rings. The minimum Gasteiger partial charge on any atom is -0.392 e. The molecule has 0 aliphatic rings. The number of aliphatic hydroxyl groups excluding tert-OH is 1. The molecule has 5 heteroatoms. The van der Waals surface area contributed by atoms with Crippen molar-refractivity contribution in [2.45, 2.75) is 25.3 Å². The maximum Gasteiger partial charge on any atom is 0.261 e. The number of hydrogen-bond acceptors (Lipinski definition) is 3. The van der Waals surface area contributed by atoms with E-state index in [0.29, 0.717) is 11.3 Å². The lowest BCUT2D eigenvalue weighted by Gasteiger charge is -2.12. The summed E-state index contributed by atoms with van der Waals surface area (Å²) in [5.41, 5.74) is 2.98. The zero-order valence-corrected chi connectivity index (χ0v) is 12.2. The van der Waals surface area contributed by atoms with Gasteiger partial charge in [-0.2, -0.15) is 0 Å². The molecule has 0 amide bonds. The van der Waals surface area contributed by atoms with Crippen LogP contribution >= 0.6 is 0 Å². The summed E-state index contributed by atoms with van der Waals surface area (Å²) in [5.74, 6) is 0. The van der Waals surface area contributed by atoms with Gasteiger partial charge < -0.3 is 5.11 Å². The Bertz CT molecular complexity index is 724. The van der Waals surface area contributed by atoms with Gasteiger partial charge in [-0.05, 0) is 48.7 Å². The first kappa shape index (κ1) is 14.6. The molecule has 0 aliphatic heterocycles. The van der Waals surface area contributed by atoms with Gasteiger partial charge in [0.2, 0.25) is 0 Å². The molecule has 0 bridgehead atoms. The van der Waals surface area contributed by atoms with Crippen LogP contribution in [-0.4, -0.2) is 13.5 Å². The first-order chi connectivity index (χ1) is 9.42. The molecule has 0 heterocycles. The number of aliphatic hydroxyl groups is 1. The molecule has 0 saturated carbocycles. The van der Waals surface area contributed by atoms with E-state index in [1.54, 1.807) is 18.2 Å². The standard InChI is InChI=1S/C15H17NO3S/c1-11-6-7-12(2)15(8-11)16-20(18,19)14-5-3-4-13(9-14)10-17/h3-9,16-17H,10H2,1-2H3. The molecule has 2 N–H and O–H groups in total. The molecule has 0 atom stereocenters. The summed E-state index contributed by atoms with van der Waals surface area (Å²) in [6, 6.07) is 11.9. The van der Waals surface area contributed by atoms with Gasteiger partial charge in [0.1, 0.15) is 0 Å². The zero-order chi connectivity index (χ0) is 14.8. The number of aryl methyl sites for hydroxylation is 2. The Morgan fingerprint density at radius 1 is 1.10 bits per heavy atom. The van der Waals surface area contributed by atoms with E-state index in [1.807, 2.05) is 26.0 Å². The van der Waals surface area contributed by atoms with Gasteiger partial charge in [0, 0.05) is 0 Å². The molecule has 0 aliphatic carbocycles. The Balaban J connectivity index is 2.38. The van der Waals surface area contributed by atoms with E-state index in [0.717, 1.165) is 11.1 Å². The van der Waals surface area contributed by atoms with Gasteiger partial charge in [0.25, 0.3) is 10.0 Å². The van der Waals surface area contributed by atoms with E-state index in [1.165, 1.54) is 12.1 Å². The highest BCUT2D eigenvalue weighted by Gasteiger charge is 2.15. The Morgan fingerprint density at radius 3 is 2.55 bits per heavy atom. The molecule has 2 rings (SSSR count). The van der Waals surface area contributed by atoms with E-state index in [-0.39, 0.29) is 11.5 Å². The van der Waals surface area contributed by atoms with Crippen molar-refractivity contribution >= 4 is 15.7 Å². The third-order valence-corrected chi connectivity index (χ3v) is 4.39. The van der Waals surface area contributed by atoms with Crippen molar-refractivity contribution in [3.63, 3.8) is 0 Å². The van der Waals surface area contributed by atoms with Crippen LogP contribution in [-0.2, 0) is 16.6 Å². The summed E-state index contributed by atoms with van der Waals surface area (Å²) in [4.78, 5) is 0.143. The Morgan fingerprint density at radius 2 is 1.85 bits per heavy atom. The molecule has 0 aromatic heterocycles. The van der Waals surface area contributed by atoms with Crippen molar-refractivity contribution in [3.8, 4) is 0 Å². The van der Waals surface area contributed by atoms with Gasteiger partial charge >= 0.3 is 0 Å². The summed E-state index contributed by atoms with van der Waals surface area (Å²) < 4.78 is 27.3. The van der Waals surface area contributed by atoms with Crippen LogP contribution in [0, 0.1) is 13.8 Å². The molecule has 0 radical (unpaired) electrons. The van der Waals surface area contributed by atoms with Gasteiger partial charge in [0.05, 0.1) is 17.2 Å². The quantitative estimate of drug-likeness (QED) is 0.910. The highest BCUT2D eigenvalue weighted by atomic mass is 32.2. The molecule has 0 saturated heterocycles. The molecule has 0 fully saturated rings. The predicted octanol–water partition coefficient (Wildman–Crippen LogP) is 2.60. The first-order valence-corrected chi connectivity index (χ1v) is 7.70. The van der Waals surface area contributed by atoms with Crippen LogP contribution in [0.5, 0.6) is 0 Å². The lowest BCUT2D eigenvalue weighted by molar-refractivity contribution is 0.281. The molecule has 0 spiro atoms. The minimum absolute atomic E-state index is 0.143. The van der Waals surface area contributed by atoms with Crippen LogP contribution in [0.15, 0.2) is 47.4 Å². The Hall–Kier alpha value is -1.85. The van der Waals surface area contributed by atoms with E-state index in [9.17, 15) is 8.42 Å². The van der Waals surface area contributed by atoms with E-state index in [2.05, 4.69) is 4.72 Å². The minimum atomic E-state index is -3.65. The average molecular weight is 291 g/mol. The maximum atomic E-state index is 12.3. The fourth-order valence-electron chi connectivity index (χ4n) is 1.86. The summed E-state index contributed by atoms with van der Waals surface area (Å²) in [7, 11) is -3.65. The van der Waals surface area contributed by atoms with Crippen molar-refractivity contribution in [2.24, 2.45) is 0 Å². The number of sulfonamides is 1. The normalized spacial score (nSPS) is 11.3. The summed E-state index contributed by atoms with van der Waals surface area (Å²) >= 11 is 0. The third-order valence-electron chi connectivity index (χ3n) is 3.03. The van der Waals surface area contributed by atoms with Crippen molar-refractivity contribution in [3.05, 3.63) is 59.2 Å². The lowest BCUT2D eigenvalue weighted by Crippen LogP contribution is -2.14. The van der Waals surface area contributed by atoms with E-state index < -0.39 is 10.0 Å². The number of benzene rings is 2. The molecule has 20 heavy (non-hydrogen) atoms. The van der Waals surface area contributed by atoms with Gasteiger partial charge in [-0.25, -0.2) is 8.42 Å². The monoisotopic (exact) mass is 291 g/mol. The largest absolute Gasteiger partial charge is 0.392 e. The van der Waals surface area contributed by atoms with Crippen LogP contribution in [0.1, 0.15) is 16.7 Å². The predicted molar refractivity (Wildman–Crippen MR) is 79.1 cm³/mol. The molecule has 0 unspecified atom stereocenters. The zero-order valence-electron chi connectivity index (χ0n) is 11.4. The number of rotatable bonds is 4. The molecule has 106 valence electrons. The van der Waals surface area contributed by atoms with Crippen LogP contribution in [0.25, 0.3) is 0 Å². The fraction of sp³-hybridized carbons (Fsp3) is 0.200. The van der Waals surface area contributed by atoms with Gasteiger partial charge in [0.15, 0.2) is 0 Å². The van der Waals surface area contributed by atoms with Crippen molar-refractivity contribution in [1.29, 1.82) is 0 Å². The van der Waals surface area contributed by atoms with Gasteiger partial charge in [-0.1, -0.05) is 24.3 Å². The molecular formula is C15H17NO3S. The summed E-state index contributed by atoms with van der Waals surface area (Å²) in [6.45, 7) is 3.57. The van der Waals surface area contributed by atoms with E-state index in [4.69, 9.17) is 5.11 Å². The van der Waals surface area contributed by atoms with Crippen molar-refractivity contribution in [2.75, 3.05) is 4.72 Å². The SMILES string of the molecule is Cc1ccc(C)c(NS(=O)(=O)c2cccc(CO)c2)c1. The first-order valence-electron chi connectivity index (χ1n) is 6.22. The average Bonchev–Trinajstić information content (AvgIpc) is 2.43. The highest BCUT2D eigenvalue weighted by Crippen LogP contribution is 2.21.